The molecule has 0 saturated carbocycles. The maximum Gasteiger partial charge on any atom is 0.134 e. The van der Waals surface area contributed by atoms with Crippen molar-refractivity contribution in [3.8, 4) is 0 Å². The van der Waals surface area contributed by atoms with Crippen LogP contribution in [0, 0.1) is 0 Å². The van der Waals surface area contributed by atoms with E-state index >= 15 is 0 Å². The lowest BCUT2D eigenvalue weighted by molar-refractivity contribution is 0.266. The Kier molecular flexibility index (Phi) is 5.65. The molecule has 0 spiro atoms. The van der Waals surface area contributed by atoms with Gasteiger partial charge in [-0.1, -0.05) is 6.07 Å². The number of anilines is 2. The molecule has 3 heterocycles. The number of nitrogens with one attached hydrogen (secondary N) is 1. The molecule has 24 heavy (non-hydrogen) atoms. The van der Waals surface area contributed by atoms with Gasteiger partial charge >= 0.3 is 0 Å². The molecule has 1 aliphatic heterocycles. The second-order valence-corrected chi connectivity index (χ2v) is 7.29. The third kappa shape index (κ3) is 3.85. The van der Waals surface area contributed by atoms with Crippen LogP contribution in [0.25, 0.3) is 0 Å². The maximum atomic E-state index is 9.50. The molecule has 2 atom stereocenters. The van der Waals surface area contributed by atoms with Crippen molar-refractivity contribution in [2.75, 3.05) is 44.0 Å². The van der Waals surface area contributed by atoms with Gasteiger partial charge in [0.25, 0.3) is 0 Å². The van der Waals surface area contributed by atoms with Gasteiger partial charge in [-0.2, -0.15) is 0 Å². The third-order valence-electron chi connectivity index (χ3n) is 4.51. The Morgan fingerprint density at radius 3 is 3.04 bits per heavy atom. The van der Waals surface area contributed by atoms with E-state index in [1.54, 1.807) is 17.7 Å². The van der Waals surface area contributed by atoms with Crippen molar-refractivity contribution in [2.45, 2.75) is 24.9 Å². The molecule has 3 rings (SSSR count). The average molecular weight is 347 g/mol. The van der Waals surface area contributed by atoms with Crippen molar-refractivity contribution in [2.24, 2.45) is 0 Å². The fourth-order valence-electron chi connectivity index (χ4n) is 3.15. The Labute approximate surface area is 147 Å². The molecule has 1 fully saturated rings. The van der Waals surface area contributed by atoms with Crippen molar-refractivity contribution in [3.63, 3.8) is 0 Å². The van der Waals surface area contributed by atoms with E-state index in [0.29, 0.717) is 6.04 Å². The number of thiophene rings is 1. The number of aromatic nitrogens is 2. The number of likely N-dealkylation sites (N-methyl/N-ethyl adjacent to an activating group) is 1. The number of hydrogen-bond acceptors (Lipinski definition) is 7. The van der Waals surface area contributed by atoms with E-state index in [9.17, 15) is 5.11 Å². The predicted molar refractivity (Wildman–Crippen MR) is 98.7 cm³/mol. The SMILES string of the molecule is CN(C)[C@H](CNc1cc(N2CCC[C@H]2CO)ncn1)c1cccs1. The maximum absolute atomic E-state index is 9.50. The fraction of sp³-hybridized carbons (Fsp3) is 0.529. The Bertz CT molecular complexity index is 634. The van der Waals surface area contributed by atoms with Gasteiger partial charge in [-0.3, -0.25) is 0 Å². The van der Waals surface area contributed by atoms with Crippen LogP contribution in [0.2, 0.25) is 0 Å². The topological polar surface area (TPSA) is 64.5 Å². The Morgan fingerprint density at radius 2 is 2.33 bits per heavy atom. The summed E-state index contributed by atoms with van der Waals surface area (Å²) in [5, 5.41) is 15.0. The zero-order chi connectivity index (χ0) is 16.9. The van der Waals surface area contributed by atoms with Crippen LogP contribution < -0.4 is 10.2 Å². The highest BCUT2D eigenvalue weighted by Gasteiger charge is 2.25. The summed E-state index contributed by atoms with van der Waals surface area (Å²) in [6.45, 7) is 1.90. The van der Waals surface area contributed by atoms with Crippen molar-refractivity contribution in [3.05, 3.63) is 34.8 Å². The van der Waals surface area contributed by atoms with Crippen molar-refractivity contribution in [1.82, 2.24) is 14.9 Å². The van der Waals surface area contributed by atoms with E-state index < -0.39 is 0 Å². The summed E-state index contributed by atoms with van der Waals surface area (Å²) in [6.07, 6.45) is 3.71. The normalized spacial score (nSPS) is 19.0. The largest absolute Gasteiger partial charge is 0.394 e. The minimum atomic E-state index is 0.174. The third-order valence-corrected chi connectivity index (χ3v) is 5.48. The van der Waals surface area contributed by atoms with Gasteiger partial charge < -0.3 is 20.2 Å². The summed E-state index contributed by atoms with van der Waals surface area (Å²) >= 11 is 1.77. The quantitative estimate of drug-likeness (QED) is 0.801. The summed E-state index contributed by atoms with van der Waals surface area (Å²) in [6, 6.07) is 6.71. The van der Waals surface area contributed by atoms with Crippen LogP contribution in [0.4, 0.5) is 11.6 Å². The lowest BCUT2D eigenvalue weighted by Crippen LogP contribution is -2.32. The van der Waals surface area contributed by atoms with E-state index in [2.05, 4.69) is 56.7 Å². The van der Waals surface area contributed by atoms with Crippen LogP contribution in [-0.2, 0) is 0 Å². The van der Waals surface area contributed by atoms with Crippen LogP contribution >= 0.6 is 11.3 Å². The molecule has 0 radical (unpaired) electrons. The molecular formula is C17H25N5OS. The predicted octanol–water partition coefficient (Wildman–Crippen LogP) is 2.21. The molecule has 2 N–H and O–H groups in total. The van der Waals surface area contributed by atoms with Gasteiger partial charge in [-0.15, -0.1) is 11.3 Å². The molecule has 0 aliphatic carbocycles. The summed E-state index contributed by atoms with van der Waals surface area (Å²) in [5.74, 6) is 1.72. The zero-order valence-electron chi connectivity index (χ0n) is 14.2. The first kappa shape index (κ1) is 17.1. The minimum absolute atomic E-state index is 0.174. The second-order valence-electron chi connectivity index (χ2n) is 6.31. The smallest absolute Gasteiger partial charge is 0.134 e. The lowest BCUT2D eigenvalue weighted by Gasteiger charge is -2.25. The number of aliphatic hydroxyl groups excluding tert-OH is 1. The number of aliphatic hydroxyl groups is 1. The van der Waals surface area contributed by atoms with Gasteiger partial charge in [-0.25, -0.2) is 9.97 Å². The second kappa shape index (κ2) is 7.92. The van der Waals surface area contributed by atoms with Crippen LogP contribution in [0.1, 0.15) is 23.8 Å². The van der Waals surface area contributed by atoms with Crippen molar-refractivity contribution in [1.29, 1.82) is 0 Å². The highest BCUT2D eigenvalue weighted by atomic mass is 32.1. The number of rotatable bonds is 7. The Hall–Kier alpha value is -1.70. The molecule has 0 bridgehead atoms. The van der Waals surface area contributed by atoms with Crippen molar-refractivity contribution < 1.29 is 5.11 Å². The molecule has 0 aromatic carbocycles. The summed E-state index contributed by atoms with van der Waals surface area (Å²) in [7, 11) is 4.18. The number of nitrogens with zero attached hydrogens (tertiary/aromatic N) is 4. The molecule has 2 aromatic rings. The van der Waals surface area contributed by atoms with Gasteiger partial charge in [0.1, 0.15) is 18.0 Å². The van der Waals surface area contributed by atoms with Crippen LogP contribution in [-0.4, -0.2) is 59.8 Å². The molecule has 0 unspecified atom stereocenters. The van der Waals surface area contributed by atoms with Crippen LogP contribution in [0.15, 0.2) is 29.9 Å². The summed E-state index contributed by atoms with van der Waals surface area (Å²) < 4.78 is 0. The van der Waals surface area contributed by atoms with Crippen LogP contribution in [0.5, 0.6) is 0 Å². The monoisotopic (exact) mass is 347 g/mol. The molecule has 2 aromatic heterocycles. The fourth-order valence-corrected chi connectivity index (χ4v) is 4.07. The number of hydrogen-bond donors (Lipinski definition) is 2. The molecule has 1 saturated heterocycles. The molecule has 7 heteroatoms. The van der Waals surface area contributed by atoms with Gasteiger partial charge in [0.05, 0.1) is 18.7 Å². The molecule has 130 valence electrons. The van der Waals surface area contributed by atoms with E-state index in [1.165, 1.54) is 4.88 Å². The molecule has 1 aliphatic rings. The summed E-state index contributed by atoms with van der Waals surface area (Å²) in [5.41, 5.74) is 0. The Balaban J connectivity index is 1.68. The molecule has 0 amide bonds. The van der Waals surface area contributed by atoms with E-state index in [1.807, 2.05) is 6.07 Å². The highest BCUT2D eigenvalue weighted by Crippen LogP contribution is 2.26. The Morgan fingerprint density at radius 1 is 1.46 bits per heavy atom. The van der Waals surface area contributed by atoms with Gasteiger partial charge in [0, 0.05) is 24.0 Å². The van der Waals surface area contributed by atoms with E-state index in [0.717, 1.165) is 37.6 Å². The first-order valence-corrected chi connectivity index (χ1v) is 9.20. The molecule has 6 nitrogen and oxygen atoms in total. The summed E-state index contributed by atoms with van der Waals surface area (Å²) in [4.78, 5) is 14.5. The van der Waals surface area contributed by atoms with E-state index in [4.69, 9.17) is 0 Å². The van der Waals surface area contributed by atoms with Gasteiger partial charge in [0.2, 0.25) is 0 Å². The molecular weight excluding hydrogens is 322 g/mol. The van der Waals surface area contributed by atoms with Crippen LogP contribution in [0.3, 0.4) is 0 Å². The van der Waals surface area contributed by atoms with Gasteiger partial charge in [0.15, 0.2) is 0 Å². The highest BCUT2D eigenvalue weighted by molar-refractivity contribution is 7.10. The lowest BCUT2D eigenvalue weighted by atomic mass is 10.2. The minimum Gasteiger partial charge on any atom is -0.394 e. The van der Waals surface area contributed by atoms with Gasteiger partial charge in [-0.05, 0) is 38.4 Å². The first-order valence-electron chi connectivity index (χ1n) is 8.32. The first-order chi connectivity index (χ1) is 11.7. The standard InChI is InChI=1S/C17H25N5OS/c1-21(2)14(15-6-4-8-24-15)10-18-16-9-17(20-12-19-16)22-7-3-5-13(22)11-23/h4,6,8-9,12-14,23H,3,5,7,10-11H2,1-2H3,(H,18,19,20)/t13-,14+/m0/s1. The average Bonchev–Trinajstić information content (AvgIpc) is 3.26. The van der Waals surface area contributed by atoms with E-state index in [-0.39, 0.29) is 12.6 Å². The van der Waals surface area contributed by atoms with Crippen molar-refractivity contribution >= 4 is 23.0 Å². The zero-order valence-corrected chi connectivity index (χ0v) is 15.0.